The highest BCUT2D eigenvalue weighted by atomic mass is 32.1. The summed E-state index contributed by atoms with van der Waals surface area (Å²) in [4.78, 5) is 17.6. The van der Waals surface area contributed by atoms with Gasteiger partial charge in [0.05, 0.1) is 13.2 Å². The van der Waals surface area contributed by atoms with Gasteiger partial charge in [0.1, 0.15) is 0 Å². The molecule has 1 unspecified atom stereocenters. The van der Waals surface area contributed by atoms with Crippen LogP contribution in [0.25, 0.3) is 0 Å². The Morgan fingerprint density at radius 2 is 2.24 bits per heavy atom. The van der Waals surface area contributed by atoms with Crippen molar-refractivity contribution in [3.05, 3.63) is 39.3 Å². The van der Waals surface area contributed by atoms with Crippen LogP contribution in [-0.2, 0) is 31.2 Å². The lowest BCUT2D eigenvalue weighted by Gasteiger charge is -2.31. The second-order valence-electron chi connectivity index (χ2n) is 8.05. The third-order valence-electron chi connectivity index (χ3n) is 6.10. The number of fused-ring (bicyclic) bond motifs is 1. The number of hydrogen-bond acceptors (Lipinski definition) is 6. The molecule has 8 heteroatoms. The molecule has 3 heterocycles. The molecule has 4 rings (SSSR count). The van der Waals surface area contributed by atoms with E-state index in [-0.39, 0.29) is 5.91 Å². The molecule has 2 aliphatic rings. The molecule has 1 saturated heterocycles. The number of nitrogens with one attached hydrogen (secondary N) is 1. The second kappa shape index (κ2) is 9.38. The summed E-state index contributed by atoms with van der Waals surface area (Å²) in [6, 6.07) is 2.62. The van der Waals surface area contributed by atoms with E-state index in [2.05, 4.69) is 44.1 Å². The molecule has 0 saturated carbocycles. The van der Waals surface area contributed by atoms with E-state index in [0.29, 0.717) is 18.3 Å². The molecule has 29 heavy (non-hydrogen) atoms. The molecular formula is C21H31N5O2S. The summed E-state index contributed by atoms with van der Waals surface area (Å²) in [7, 11) is 4.14. The zero-order chi connectivity index (χ0) is 20.2. The molecule has 0 bridgehead atoms. The highest BCUT2D eigenvalue weighted by Gasteiger charge is 2.30. The number of carbonyl (C=O) groups is 1. The maximum Gasteiger partial charge on any atom is 0.272 e. The van der Waals surface area contributed by atoms with Crippen molar-refractivity contribution < 1.29 is 9.53 Å². The van der Waals surface area contributed by atoms with Crippen molar-refractivity contribution in [1.29, 1.82) is 0 Å². The molecule has 1 atom stereocenters. The minimum atomic E-state index is -0.0451. The number of likely N-dealkylation sites (N-methyl/N-ethyl adjacent to an activating group) is 1. The minimum absolute atomic E-state index is 0.0451. The van der Waals surface area contributed by atoms with Crippen LogP contribution in [0.15, 0.2) is 16.8 Å². The van der Waals surface area contributed by atoms with Gasteiger partial charge in [0.2, 0.25) is 0 Å². The van der Waals surface area contributed by atoms with Crippen LogP contribution in [0.4, 0.5) is 0 Å². The van der Waals surface area contributed by atoms with Gasteiger partial charge in [0.15, 0.2) is 5.69 Å². The molecule has 1 fully saturated rings. The van der Waals surface area contributed by atoms with Gasteiger partial charge in [-0.1, -0.05) is 0 Å². The van der Waals surface area contributed by atoms with Gasteiger partial charge in [-0.3, -0.25) is 19.3 Å². The van der Waals surface area contributed by atoms with Crippen molar-refractivity contribution in [2.24, 2.45) is 7.05 Å². The number of thiophene rings is 1. The van der Waals surface area contributed by atoms with Crippen molar-refractivity contribution in [3.8, 4) is 0 Å². The fraction of sp³-hybridized carbons (Fsp3) is 0.619. The first-order valence-corrected chi connectivity index (χ1v) is 11.4. The Kier molecular flexibility index (Phi) is 6.64. The highest BCUT2D eigenvalue weighted by Crippen LogP contribution is 2.27. The molecule has 1 amide bonds. The fourth-order valence-electron chi connectivity index (χ4n) is 4.37. The van der Waals surface area contributed by atoms with E-state index in [1.54, 1.807) is 11.3 Å². The molecule has 7 nitrogen and oxygen atoms in total. The van der Waals surface area contributed by atoms with Crippen molar-refractivity contribution in [2.75, 3.05) is 46.4 Å². The quantitative estimate of drug-likeness (QED) is 0.740. The summed E-state index contributed by atoms with van der Waals surface area (Å²) in [5.74, 6) is -0.0451. The molecule has 2 aromatic rings. The Labute approximate surface area is 176 Å². The third-order valence-corrected chi connectivity index (χ3v) is 6.83. The second-order valence-corrected chi connectivity index (χ2v) is 8.83. The van der Waals surface area contributed by atoms with Crippen LogP contribution >= 0.6 is 11.3 Å². The first-order chi connectivity index (χ1) is 14.1. The number of rotatable bonds is 7. The maximum atomic E-state index is 12.9. The van der Waals surface area contributed by atoms with Crippen LogP contribution in [0.1, 0.15) is 33.7 Å². The largest absolute Gasteiger partial charge is 0.379 e. The number of aromatic nitrogens is 2. The van der Waals surface area contributed by atoms with E-state index in [9.17, 15) is 4.79 Å². The summed E-state index contributed by atoms with van der Waals surface area (Å²) < 4.78 is 7.28. The van der Waals surface area contributed by atoms with Gasteiger partial charge in [0.25, 0.3) is 5.91 Å². The van der Waals surface area contributed by atoms with E-state index in [4.69, 9.17) is 4.74 Å². The van der Waals surface area contributed by atoms with Crippen molar-refractivity contribution in [2.45, 2.75) is 31.8 Å². The predicted octanol–water partition coefficient (Wildman–Crippen LogP) is 1.53. The standard InChI is InChI=1S/C21H31N5O2S/c1-24(14-16-5-12-29-15-16)17-3-4-19-18(13-17)20(23-25(19)2)21(27)22-6-7-26-8-10-28-11-9-26/h5,12,15,17H,3-4,6-11,13-14H2,1-2H3,(H,22,27). The maximum absolute atomic E-state index is 12.9. The van der Waals surface area contributed by atoms with Crippen LogP contribution in [-0.4, -0.2) is 78.0 Å². The van der Waals surface area contributed by atoms with Crippen LogP contribution in [0.2, 0.25) is 0 Å². The molecule has 0 aromatic carbocycles. The Hall–Kier alpha value is -1.74. The zero-order valence-electron chi connectivity index (χ0n) is 17.4. The van der Waals surface area contributed by atoms with Gasteiger partial charge >= 0.3 is 0 Å². The van der Waals surface area contributed by atoms with E-state index in [1.807, 2.05) is 11.7 Å². The molecule has 1 aliphatic carbocycles. The number of ether oxygens (including phenoxy) is 1. The lowest BCUT2D eigenvalue weighted by atomic mass is 9.90. The smallest absolute Gasteiger partial charge is 0.272 e. The van der Waals surface area contributed by atoms with Gasteiger partial charge in [0, 0.05) is 57.1 Å². The van der Waals surface area contributed by atoms with Crippen LogP contribution in [0.5, 0.6) is 0 Å². The van der Waals surface area contributed by atoms with E-state index >= 15 is 0 Å². The summed E-state index contributed by atoms with van der Waals surface area (Å²) in [6.45, 7) is 5.89. The Bertz CT molecular complexity index is 813. The van der Waals surface area contributed by atoms with E-state index < -0.39 is 0 Å². The predicted molar refractivity (Wildman–Crippen MR) is 114 cm³/mol. The first-order valence-electron chi connectivity index (χ1n) is 10.5. The summed E-state index contributed by atoms with van der Waals surface area (Å²) in [5.41, 5.74) is 4.31. The van der Waals surface area contributed by atoms with Crippen molar-refractivity contribution in [3.63, 3.8) is 0 Å². The topological polar surface area (TPSA) is 62.6 Å². The van der Waals surface area contributed by atoms with Gasteiger partial charge in [-0.15, -0.1) is 0 Å². The number of aryl methyl sites for hydroxylation is 1. The summed E-state index contributed by atoms with van der Waals surface area (Å²) >= 11 is 1.74. The summed E-state index contributed by atoms with van der Waals surface area (Å²) in [5, 5.41) is 12.0. The van der Waals surface area contributed by atoms with Crippen LogP contribution in [0, 0.1) is 0 Å². The molecular weight excluding hydrogens is 386 g/mol. The monoisotopic (exact) mass is 417 g/mol. The van der Waals surface area contributed by atoms with E-state index in [1.165, 1.54) is 11.3 Å². The molecule has 1 N–H and O–H groups in total. The van der Waals surface area contributed by atoms with Gasteiger partial charge in [-0.05, 0) is 48.7 Å². The van der Waals surface area contributed by atoms with Crippen LogP contribution in [0.3, 0.4) is 0 Å². The van der Waals surface area contributed by atoms with Gasteiger partial charge in [-0.2, -0.15) is 16.4 Å². The molecule has 1 aliphatic heterocycles. The average Bonchev–Trinajstić information content (AvgIpc) is 3.36. The fourth-order valence-corrected chi connectivity index (χ4v) is 5.03. The highest BCUT2D eigenvalue weighted by molar-refractivity contribution is 7.07. The van der Waals surface area contributed by atoms with E-state index in [0.717, 1.165) is 64.2 Å². The normalized spacial score (nSPS) is 20.0. The SMILES string of the molecule is CN(Cc1ccsc1)C1CCc2c(c(C(=O)NCCN3CCOCC3)nn2C)C1. The molecule has 158 valence electrons. The average molecular weight is 418 g/mol. The molecule has 0 radical (unpaired) electrons. The number of amides is 1. The first kappa shape index (κ1) is 20.5. The van der Waals surface area contributed by atoms with Crippen molar-refractivity contribution >= 4 is 17.2 Å². The van der Waals surface area contributed by atoms with Gasteiger partial charge < -0.3 is 10.1 Å². The Morgan fingerprint density at radius 1 is 1.41 bits per heavy atom. The Balaban J connectivity index is 1.37. The van der Waals surface area contributed by atoms with Gasteiger partial charge in [-0.25, -0.2) is 0 Å². The number of carbonyl (C=O) groups excluding carboxylic acids is 1. The lowest BCUT2D eigenvalue weighted by Crippen LogP contribution is -2.41. The third kappa shape index (κ3) is 4.88. The summed E-state index contributed by atoms with van der Waals surface area (Å²) in [6.07, 6.45) is 2.96. The minimum Gasteiger partial charge on any atom is -0.379 e. The number of hydrogen-bond donors (Lipinski definition) is 1. The number of nitrogens with zero attached hydrogens (tertiary/aromatic N) is 4. The zero-order valence-corrected chi connectivity index (χ0v) is 18.2. The van der Waals surface area contributed by atoms with Crippen molar-refractivity contribution in [1.82, 2.24) is 24.9 Å². The number of morpholine rings is 1. The lowest BCUT2D eigenvalue weighted by molar-refractivity contribution is 0.0383. The van der Waals surface area contributed by atoms with Crippen LogP contribution < -0.4 is 5.32 Å². The molecule has 0 spiro atoms. The Morgan fingerprint density at radius 3 is 3.00 bits per heavy atom. The molecule has 2 aromatic heterocycles.